The highest BCUT2D eigenvalue weighted by molar-refractivity contribution is 5.85. The summed E-state index contributed by atoms with van der Waals surface area (Å²) in [7, 11) is 3.01. The van der Waals surface area contributed by atoms with Gasteiger partial charge in [0.25, 0.3) is 5.56 Å². The van der Waals surface area contributed by atoms with Crippen LogP contribution in [0.5, 0.6) is 11.5 Å². The van der Waals surface area contributed by atoms with E-state index < -0.39 is 5.66 Å². The molecule has 3 rings (SSSR count). The minimum absolute atomic E-state index is 0.186. The van der Waals surface area contributed by atoms with Crippen LogP contribution < -0.4 is 20.3 Å². The van der Waals surface area contributed by atoms with E-state index in [4.69, 9.17) is 15.9 Å². The van der Waals surface area contributed by atoms with Crippen molar-refractivity contribution in [1.82, 2.24) is 15.1 Å². The van der Waals surface area contributed by atoms with E-state index in [0.717, 1.165) is 4.68 Å². The van der Waals surface area contributed by atoms with E-state index in [1.807, 2.05) is 0 Å². The molecular weight excluding hydrogens is 362 g/mol. The average molecular weight is 383 g/mol. The topological polar surface area (TPSA) is 107 Å². The van der Waals surface area contributed by atoms with Crippen molar-refractivity contribution in [2.24, 2.45) is 10.2 Å². The SMILES string of the molecule is C#CCCC1(CCNC(=O)Cn2ncc3cc(OC)c(OC)cc3c2=O)N=N1. The second kappa shape index (κ2) is 8.08. The Labute approximate surface area is 161 Å². The van der Waals surface area contributed by atoms with Gasteiger partial charge in [0.2, 0.25) is 5.91 Å². The van der Waals surface area contributed by atoms with Crippen LogP contribution in [0.2, 0.25) is 0 Å². The molecule has 0 bridgehead atoms. The maximum Gasteiger partial charge on any atom is 0.275 e. The van der Waals surface area contributed by atoms with Crippen molar-refractivity contribution >= 4 is 16.7 Å². The summed E-state index contributed by atoms with van der Waals surface area (Å²) in [6.07, 6.45) is 8.62. The third kappa shape index (κ3) is 4.11. The smallest absolute Gasteiger partial charge is 0.275 e. The lowest BCUT2D eigenvalue weighted by Gasteiger charge is -2.11. The van der Waals surface area contributed by atoms with Gasteiger partial charge in [-0.15, -0.1) is 12.3 Å². The Balaban J connectivity index is 1.65. The number of nitrogens with zero attached hydrogens (tertiary/aromatic N) is 4. The van der Waals surface area contributed by atoms with Crippen molar-refractivity contribution in [3.63, 3.8) is 0 Å². The number of hydrogen-bond acceptors (Lipinski definition) is 7. The van der Waals surface area contributed by atoms with E-state index in [1.165, 1.54) is 20.4 Å². The predicted octanol–water partition coefficient (Wildman–Crippen LogP) is 1.50. The van der Waals surface area contributed by atoms with Crippen molar-refractivity contribution in [1.29, 1.82) is 0 Å². The van der Waals surface area contributed by atoms with Crippen LogP contribution in [0.3, 0.4) is 0 Å². The first-order valence-electron chi connectivity index (χ1n) is 8.78. The van der Waals surface area contributed by atoms with Gasteiger partial charge >= 0.3 is 0 Å². The third-order valence-corrected chi connectivity index (χ3v) is 4.55. The van der Waals surface area contributed by atoms with Gasteiger partial charge in [0.05, 0.1) is 25.8 Å². The average Bonchev–Trinajstić information content (AvgIpc) is 3.47. The van der Waals surface area contributed by atoms with E-state index in [-0.39, 0.29) is 18.0 Å². The molecule has 146 valence electrons. The van der Waals surface area contributed by atoms with E-state index in [1.54, 1.807) is 12.1 Å². The number of methoxy groups -OCH3 is 2. The van der Waals surface area contributed by atoms with Gasteiger partial charge in [0, 0.05) is 31.2 Å². The molecule has 1 aliphatic rings. The quantitative estimate of drug-likeness (QED) is 0.660. The van der Waals surface area contributed by atoms with Crippen LogP contribution in [0.15, 0.2) is 33.4 Å². The third-order valence-electron chi connectivity index (χ3n) is 4.55. The highest BCUT2D eigenvalue weighted by Crippen LogP contribution is 2.36. The normalized spacial score (nSPS) is 13.8. The highest BCUT2D eigenvalue weighted by atomic mass is 16.5. The number of carbonyl (C=O) groups excluding carboxylic acids is 1. The lowest BCUT2D eigenvalue weighted by atomic mass is 10.0. The first-order chi connectivity index (χ1) is 13.5. The van der Waals surface area contributed by atoms with Crippen LogP contribution in [-0.2, 0) is 11.3 Å². The van der Waals surface area contributed by atoms with Gasteiger partial charge in [-0.2, -0.15) is 15.3 Å². The molecule has 0 spiro atoms. The zero-order chi connectivity index (χ0) is 20.1. The molecule has 0 unspecified atom stereocenters. The van der Waals surface area contributed by atoms with E-state index >= 15 is 0 Å². The van der Waals surface area contributed by atoms with Gasteiger partial charge in [0.15, 0.2) is 17.2 Å². The fraction of sp³-hybridized carbons (Fsp3) is 0.421. The fourth-order valence-corrected chi connectivity index (χ4v) is 2.88. The highest BCUT2D eigenvalue weighted by Gasteiger charge is 2.38. The van der Waals surface area contributed by atoms with E-state index in [9.17, 15) is 9.59 Å². The molecular formula is C19H21N5O4. The molecule has 1 aromatic carbocycles. The summed E-state index contributed by atoms with van der Waals surface area (Å²) < 4.78 is 11.6. The molecule has 0 saturated heterocycles. The number of ether oxygens (including phenoxy) is 2. The lowest BCUT2D eigenvalue weighted by molar-refractivity contribution is -0.121. The van der Waals surface area contributed by atoms with Crippen LogP contribution in [0.1, 0.15) is 19.3 Å². The van der Waals surface area contributed by atoms with Crippen molar-refractivity contribution in [3.05, 3.63) is 28.7 Å². The molecule has 0 radical (unpaired) electrons. The molecule has 0 fully saturated rings. The Hall–Kier alpha value is -3.41. The number of rotatable bonds is 9. The second-order valence-electron chi connectivity index (χ2n) is 6.39. The van der Waals surface area contributed by atoms with Crippen LogP contribution in [0.25, 0.3) is 10.8 Å². The Morgan fingerprint density at radius 3 is 2.61 bits per heavy atom. The zero-order valence-corrected chi connectivity index (χ0v) is 15.8. The summed E-state index contributed by atoms with van der Waals surface area (Å²) >= 11 is 0. The number of nitrogens with one attached hydrogen (secondary N) is 1. The second-order valence-corrected chi connectivity index (χ2v) is 6.39. The number of terminal acetylenes is 1. The number of amides is 1. The van der Waals surface area contributed by atoms with Crippen LogP contribution in [-0.4, -0.2) is 42.1 Å². The van der Waals surface area contributed by atoms with Crippen molar-refractivity contribution in [2.45, 2.75) is 31.5 Å². The van der Waals surface area contributed by atoms with E-state index in [0.29, 0.717) is 48.1 Å². The molecule has 1 aromatic heterocycles. The molecule has 1 aliphatic heterocycles. The molecule has 1 amide bonds. The number of aromatic nitrogens is 2. The molecule has 0 saturated carbocycles. The van der Waals surface area contributed by atoms with Gasteiger partial charge < -0.3 is 14.8 Å². The number of fused-ring (bicyclic) bond motifs is 1. The molecule has 9 nitrogen and oxygen atoms in total. The lowest BCUT2D eigenvalue weighted by Crippen LogP contribution is -2.35. The summed E-state index contributed by atoms with van der Waals surface area (Å²) in [6.45, 7) is 0.207. The maximum atomic E-state index is 12.7. The first kappa shape index (κ1) is 19.4. The number of carbonyl (C=O) groups is 1. The minimum Gasteiger partial charge on any atom is -0.493 e. The number of benzene rings is 1. The summed E-state index contributed by atoms with van der Waals surface area (Å²) in [6, 6.07) is 3.25. The summed E-state index contributed by atoms with van der Waals surface area (Å²) in [4.78, 5) is 24.9. The van der Waals surface area contributed by atoms with Crippen molar-refractivity contribution in [3.8, 4) is 23.8 Å². The van der Waals surface area contributed by atoms with Crippen molar-refractivity contribution < 1.29 is 14.3 Å². The standard InChI is InChI=1S/C19H21N5O4/c1-4-5-6-19(22-23-19)7-8-20-17(25)12-24-18(26)14-10-16(28-3)15(27-2)9-13(14)11-21-24/h1,9-11H,5-8,12H2,2-3H3,(H,20,25). The molecule has 1 N–H and O–H groups in total. The predicted molar refractivity (Wildman–Crippen MR) is 102 cm³/mol. The van der Waals surface area contributed by atoms with Gasteiger partial charge in [-0.05, 0) is 12.1 Å². The van der Waals surface area contributed by atoms with Crippen LogP contribution >= 0.6 is 0 Å². The Morgan fingerprint density at radius 1 is 1.25 bits per heavy atom. The number of hydrogen-bond donors (Lipinski definition) is 1. The zero-order valence-electron chi connectivity index (χ0n) is 15.8. The van der Waals surface area contributed by atoms with Gasteiger partial charge in [0.1, 0.15) is 6.54 Å². The van der Waals surface area contributed by atoms with Gasteiger partial charge in [-0.25, -0.2) is 4.68 Å². The molecule has 2 heterocycles. The minimum atomic E-state index is -0.451. The molecule has 0 aliphatic carbocycles. The van der Waals surface area contributed by atoms with Crippen molar-refractivity contribution in [2.75, 3.05) is 20.8 Å². The van der Waals surface area contributed by atoms with E-state index in [2.05, 4.69) is 26.6 Å². The Bertz CT molecular complexity index is 1020. The molecule has 28 heavy (non-hydrogen) atoms. The maximum absolute atomic E-state index is 12.7. The summed E-state index contributed by atoms with van der Waals surface area (Å²) in [5, 5.41) is 15.9. The summed E-state index contributed by atoms with van der Waals surface area (Å²) in [5.41, 5.74) is -0.834. The molecule has 0 atom stereocenters. The Kier molecular flexibility index (Phi) is 5.59. The van der Waals surface area contributed by atoms with Crippen LogP contribution in [0.4, 0.5) is 0 Å². The van der Waals surface area contributed by atoms with Crippen LogP contribution in [0, 0.1) is 12.3 Å². The Morgan fingerprint density at radius 2 is 1.96 bits per heavy atom. The largest absolute Gasteiger partial charge is 0.493 e. The summed E-state index contributed by atoms with van der Waals surface area (Å²) in [5.74, 6) is 3.18. The molecule has 9 heteroatoms. The van der Waals surface area contributed by atoms with Gasteiger partial charge in [-0.1, -0.05) is 0 Å². The monoisotopic (exact) mass is 383 g/mol. The van der Waals surface area contributed by atoms with Gasteiger partial charge in [-0.3, -0.25) is 9.59 Å². The fourth-order valence-electron chi connectivity index (χ4n) is 2.88. The molecule has 2 aromatic rings. The first-order valence-corrected chi connectivity index (χ1v) is 8.78.